The topological polar surface area (TPSA) is 93.0 Å². The molecule has 1 atom stereocenters. The first-order chi connectivity index (χ1) is 13.2. The van der Waals surface area contributed by atoms with E-state index >= 15 is 0 Å². The molecular weight excluding hydrogens is 358 g/mol. The number of carbonyl (C=O) groups is 1. The van der Waals surface area contributed by atoms with Crippen LogP contribution >= 0.6 is 0 Å². The lowest BCUT2D eigenvalue weighted by molar-refractivity contribution is 0.0210. The summed E-state index contributed by atoms with van der Waals surface area (Å²) in [6.45, 7) is 8.94. The number of piperidine rings is 1. The van der Waals surface area contributed by atoms with Gasteiger partial charge in [-0.05, 0) is 47.1 Å². The summed E-state index contributed by atoms with van der Waals surface area (Å²) in [7, 11) is 2.10. The van der Waals surface area contributed by atoms with Gasteiger partial charge in [0, 0.05) is 38.3 Å². The molecule has 3 N–H and O–H groups in total. The maximum Gasteiger partial charge on any atom is 0.410 e. The molecule has 0 radical (unpaired) electrons. The van der Waals surface area contributed by atoms with Crippen LogP contribution in [0.25, 0.3) is 0 Å². The molecule has 3 rings (SSSR count). The van der Waals surface area contributed by atoms with E-state index in [1.54, 1.807) is 11.1 Å². The highest BCUT2D eigenvalue weighted by atomic mass is 16.6. The fraction of sp³-hybridized carbons (Fsp3) is 0.700. The van der Waals surface area contributed by atoms with E-state index in [0.717, 1.165) is 43.8 Å². The number of carbonyl (C=O) groups excluding carboxylic acids is 1. The fourth-order valence-electron chi connectivity index (χ4n) is 3.57. The van der Waals surface area contributed by atoms with Crippen molar-refractivity contribution in [2.24, 2.45) is 0 Å². The van der Waals surface area contributed by atoms with Crippen molar-refractivity contribution in [2.45, 2.75) is 57.8 Å². The predicted molar refractivity (Wildman–Crippen MR) is 110 cm³/mol. The Balaban J connectivity index is 1.53. The second kappa shape index (κ2) is 8.43. The minimum absolute atomic E-state index is 0.195. The number of nitrogens with two attached hydrogens (primary N) is 1. The van der Waals surface area contributed by atoms with E-state index in [4.69, 9.17) is 15.2 Å². The van der Waals surface area contributed by atoms with Crippen molar-refractivity contribution in [2.75, 3.05) is 44.3 Å². The van der Waals surface area contributed by atoms with Gasteiger partial charge in [-0.15, -0.1) is 0 Å². The van der Waals surface area contributed by atoms with Gasteiger partial charge in [0.25, 0.3) is 0 Å². The number of likely N-dealkylation sites (N-methyl/N-ethyl adjacent to an activating group) is 1. The lowest BCUT2D eigenvalue weighted by Crippen LogP contribution is -2.44. The third-order valence-corrected chi connectivity index (χ3v) is 5.05. The SMILES string of the molecule is CN1CCC(Oc2cnc(N)c(NC3CCN(C(=O)OC(C)(C)C)CC3)c2)C1. The van der Waals surface area contributed by atoms with Crippen LogP contribution in [-0.2, 0) is 4.74 Å². The van der Waals surface area contributed by atoms with Crippen LogP contribution in [-0.4, -0.2) is 71.9 Å². The minimum atomic E-state index is -0.471. The number of nitrogens with zero attached hydrogens (tertiary/aromatic N) is 3. The molecule has 2 aliphatic heterocycles. The highest BCUT2D eigenvalue weighted by molar-refractivity contribution is 5.68. The summed E-state index contributed by atoms with van der Waals surface area (Å²) < 4.78 is 11.5. The third-order valence-electron chi connectivity index (χ3n) is 5.05. The molecule has 156 valence electrons. The Bertz CT molecular complexity index is 683. The van der Waals surface area contributed by atoms with Crippen LogP contribution in [0.2, 0.25) is 0 Å². The van der Waals surface area contributed by atoms with Gasteiger partial charge in [-0.3, -0.25) is 0 Å². The highest BCUT2D eigenvalue weighted by Gasteiger charge is 2.27. The average Bonchev–Trinajstić information content (AvgIpc) is 3.02. The molecule has 0 aromatic carbocycles. The van der Waals surface area contributed by atoms with Crippen molar-refractivity contribution < 1.29 is 14.3 Å². The molecule has 1 amide bonds. The van der Waals surface area contributed by atoms with Crippen LogP contribution in [0.3, 0.4) is 0 Å². The molecule has 0 spiro atoms. The third kappa shape index (κ3) is 5.64. The van der Waals surface area contributed by atoms with Crippen molar-refractivity contribution in [1.82, 2.24) is 14.8 Å². The molecular formula is C20H33N5O3. The number of nitrogen functional groups attached to an aromatic ring is 1. The highest BCUT2D eigenvalue weighted by Crippen LogP contribution is 2.27. The largest absolute Gasteiger partial charge is 0.487 e. The molecule has 8 nitrogen and oxygen atoms in total. The quantitative estimate of drug-likeness (QED) is 0.815. The van der Waals surface area contributed by atoms with E-state index in [2.05, 4.69) is 22.2 Å². The van der Waals surface area contributed by atoms with Gasteiger partial charge >= 0.3 is 6.09 Å². The van der Waals surface area contributed by atoms with E-state index in [-0.39, 0.29) is 18.2 Å². The summed E-state index contributed by atoms with van der Waals surface area (Å²) in [6.07, 6.45) is 4.31. The monoisotopic (exact) mass is 391 g/mol. The van der Waals surface area contributed by atoms with Gasteiger partial charge in [-0.1, -0.05) is 0 Å². The van der Waals surface area contributed by atoms with Gasteiger partial charge in [0.1, 0.15) is 23.3 Å². The number of hydrogen-bond acceptors (Lipinski definition) is 7. The first-order valence-corrected chi connectivity index (χ1v) is 10.0. The van der Waals surface area contributed by atoms with Crippen LogP contribution in [0.1, 0.15) is 40.0 Å². The van der Waals surface area contributed by atoms with Crippen LogP contribution in [0.5, 0.6) is 5.75 Å². The number of hydrogen-bond donors (Lipinski definition) is 2. The van der Waals surface area contributed by atoms with E-state index in [1.165, 1.54) is 0 Å². The summed E-state index contributed by atoms with van der Waals surface area (Å²) >= 11 is 0. The molecule has 1 unspecified atom stereocenters. The second-order valence-corrected chi connectivity index (χ2v) is 8.78. The Morgan fingerprint density at radius 2 is 1.96 bits per heavy atom. The number of likely N-dealkylation sites (tertiary alicyclic amines) is 2. The molecule has 2 fully saturated rings. The molecule has 1 aromatic heterocycles. The minimum Gasteiger partial charge on any atom is -0.487 e. The zero-order valence-corrected chi connectivity index (χ0v) is 17.4. The lowest BCUT2D eigenvalue weighted by Gasteiger charge is -2.34. The Kier molecular flexibility index (Phi) is 6.17. The standard InChI is InChI=1S/C20H33N5O3/c1-20(2,3)28-19(26)25-9-5-14(6-10-25)23-17-11-16(12-22-18(17)21)27-15-7-8-24(4)13-15/h11-12,14-15,23H,5-10,13H2,1-4H3,(H2,21,22). The van der Waals surface area contributed by atoms with Crippen LogP contribution in [0.4, 0.5) is 16.3 Å². The molecule has 2 saturated heterocycles. The normalized spacial score (nSPS) is 21.6. The molecule has 28 heavy (non-hydrogen) atoms. The van der Waals surface area contributed by atoms with E-state index in [0.29, 0.717) is 18.9 Å². The van der Waals surface area contributed by atoms with Crippen molar-refractivity contribution in [3.8, 4) is 5.75 Å². The number of rotatable bonds is 4. The fourth-order valence-corrected chi connectivity index (χ4v) is 3.57. The van der Waals surface area contributed by atoms with Gasteiger partial charge < -0.3 is 30.3 Å². The average molecular weight is 392 g/mol. The first kappa shape index (κ1) is 20.5. The van der Waals surface area contributed by atoms with Gasteiger partial charge in [-0.2, -0.15) is 0 Å². The maximum atomic E-state index is 12.2. The molecule has 3 heterocycles. The number of anilines is 2. The molecule has 1 aromatic rings. The van der Waals surface area contributed by atoms with E-state index in [9.17, 15) is 4.79 Å². The lowest BCUT2D eigenvalue weighted by atomic mass is 10.1. The van der Waals surface area contributed by atoms with Crippen molar-refractivity contribution >= 4 is 17.6 Å². The van der Waals surface area contributed by atoms with E-state index in [1.807, 2.05) is 26.8 Å². The van der Waals surface area contributed by atoms with Crippen LogP contribution in [0, 0.1) is 0 Å². The zero-order valence-electron chi connectivity index (χ0n) is 17.4. The number of pyridine rings is 1. The molecule has 8 heteroatoms. The van der Waals surface area contributed by atoms with Crippen molar-refractivity contribution in [1.29, 1.82) is 0 Å². The molecule has 0 bridgehead atoms. The van der Waals surface area contributed by atoms with Gasteiger partial charge in [0.2, 0.25) is 0 Å². The Hall–Kier alpha value is -2.22. The van der Waals surface area contributed by atoms with Crippen LogP contribution in [0.15, 0.2) is 12.3 Å². The molecule has 2 aliphatic rings. The predicted octanol–water partition coefficient (Wildman–Crippen LogP) is 2.56. The molecule has 0 saturated carbocycles. The number of nitrogens with one attached hydrogen (secondary N) is 1. The van der Waals surface area contributed by atoms with Gasteiger partial charge in [0.05, 0.1) is 11.9 Å². The molecule has 0 aliphatic carbocycles. The summed E-state index contributed by atoms with van der Waals surface area (Å²) in [6, 6.07) is 2.16. The Labute approximate surface area is 167 Å². The summed E-state index contributed by atoms with van der Waals surface area (Å²) in [5, 5.41) is 3.47. The van der Waals surface area contributed by atoms with E-state index < -0.39 is 5.60 Å². The number of amides is 1. The Morgan fingerprint density at radius 3 is 2.57 bits per heavy atom. The van der Waals surface area contributed by atoms with Crippen molar-refractivity contribution in [3.63, 3.8) is 0 Å². The number of ether oxygens (including phenoxy) is 2. The first-order valence-electron chi connectivity index (χ1n) is 10.0. The van der Waals surface area contributed by atoms with Crippen LogP contribution < -0.4 is 15.8 Å². The number of aromatic nitrogens is 1. The summed E-state index contributed by atoms with van der Waals surface area (Å²) in [5.74, 6) is 1.20. The maximum absolute atomic E-state index is 12.2. The van der Waals surface area contributed by atoms with Crippen molar-refractivity contribution in [3.05, 3.63) is 12.3 Å². The zero-order chi connectivity index (χ0) is 20.3. The second-order valence-electron chi connectivity index (χ2n) is 8.78. The van der Waals surface area contributed by atoms with Gasteiger partial charge in [-0.25, -0.2) is 9.78 Å². The smallest absolute Gasteiger partial charge is 0.410 e. The summed E-state index contributed by atoms with van der Waals surface area (Å²) in [4.78, 5) is 20.5. The summed E-state index contributed by atoms with van der Waals surface area (Å²) in [5.41, 5.74) is 6.38. The van der Waals surface area contributed by atoms with Gasteiger partial charge in [0.15, 0.2) is 0 Å². The Morgan fingerprint density at radius 1 is 1.25 bits per heavy atom.